The Bertz CT molecular complexity index is 869. The Balaban J connectivity index is 1.26. The topological polar surface area (TPSA) is 122 Å². The van der Waals surface area contributed by atoms with Crippen LogP contribution in [0.4, 0.5) is 10.6 Å². The number of aromatic nitrogens is 3. The highest BCUT2D eigenvalue weighted by Gasteiger charge is 2.40. The normalized spacial score (nSPS) is 22.6. The molecule has 0 aromatic carbocycles. The second kappa shape index (κ2) is 7.29. The molecule has 0 aliphatic heterocycles. The van der Waals surface area contributed by atoms with Crippen molar-refractivity contribution < 1.29 is 18.8 Å². The third-order valence-electron chi connectivity index (χ3n) is 5.38. The summed E-state index contributed by atoms with van der Waals surface area (Å²) in [6.45, 7) is 3.83. The molecule has 2 aromatic heterocycles. The van der Waals surface area contributed by atoms with Crippen molar-refractivity contribution in [3.8, 4) is 0 Å². The molecule has 0 saturated heterocycles. The van der Waals surface area contributed by atoms with E-state index in [0.717, 1.165) is 43.5 Å². The van der Waals surface area contributed by atoms with E-state index in [4.69, 9.17) is 9.26 Å². The number of nitrogens with zero attached hydrogens (tertiary/aromatic N) is 2. The number of alkyl carbamates (subject to hydrolysis) is 1. The zero-order valence-corrected chi connectivity index (χ0v) is 16.1. The van der Waals surface area contributed by atoms with Crippen LogP contribution in [0.15, 0.2) is 16.7 Å². The summed E-state index contributed by atoms with van der Waals surface area (Å²) in [4.78, 5) is 24.1. The van der Waals surface area contributed by atoms with Crippen molar-refractivity contribution in [1.82, 2.24) is 20.7 Å². The standard InChI is InChI=1S/C19H25N5O4/c1-11-7-14(28-24-11)9-17(25)20-16-10-15(22-23-16)12-3-4-13(8-12)27-18(26)21-19(2)5-6-19/h7,10,12-13H,3-6,8-9H2,1-2H3,(H,21,26)(H2,20,22,23,25). The number of carbonyl (C=O) groups is 2. The lowest BCUT2D eigenvalue weighted by Gasteiger charge is -2.16. The molecule has 2 saturated carbocycles. The minimum atomic E-state index is -0.328. The molecule has 2 heterocycles. The SMILES string of the molecule is Cc1cc(CC(=O)Nc2cc(C3CCC(OC(=O)NC4(C)CC4)C3)[nH]n2)on1. The van der Waals surface area contributed by atoms with Gasteiger partial charge in [0.25, 0.3) is 0 Å². The number of H-pyrrole nitrogens is 1. The lowest BCUT2D eigenvalue weighted by Crippen LogP contribution is -2.36. The second-order valence-electron chi connectivity index (χ2n) is 8.09. The van der Waals surface area contributed by atoms with Gasteiger partial charge in [-0.1, -0.05) is 5.16 Å². The molecule has 2 aliphatic rings. The van der Waals surface area contributed by atoms with Gasteiger partial charge in [-0.3, -0.25) is 9.89 Å². The van der Waals surface area contributed by atoms with Gasteiger partial charge in [-0.05, 0) is 46.0 Å². The number of amides is 2. The molecule has 3 N–H and O–H groups in total. The Kier molecular flexibility index (Phi) is 4.82. The first-order chi connectivity index (χ1) is 13.4. The number of ether oxygens (including phenoxy) is 1. The largest absolute Gasteiger partial charge is 0.446 e. The predicted octanol–water partition coefficient (Wildman–Crippen LogP) is 2.80. The van der Waals surface area contributed by atoms with Crippen molar-refractivity contribution in [2.24, 2.45) is 0 Å². The van der Waals surface area contributed by atoms with Crippen molar-refractivity contribution in [3.05, 3.63) is 29.3 Å². The van der Waals surface area contributed by atoms with E-state index in [2.05, 4.69) is 26.0 Å². The average Bonchev–Trinajstić information content (AvgIpc) is 3.05. The van der Waals surface area contributed by atoms with Crippen molar-refractivity contribution >= 4 is 17.8 Å². The Morgan fingerprint density at radius 1 is 1.36 bits per heavy atom. The van der Waals surface area contributed by atoms with Gasteiger partial charge in [0.15, 0.2) is 5.82 Å². The maximum atomic E-state index is 12.1. The molecule has 9 nitrogen and oxygen atoms in total. The summed E-state index contributed by atoms with van der Waals surface area (Å²) in [7, 11) is 0. The zero-order chi connectivity index (χ0) is 19.7. The lowest BCUT2D eigenvalue weighted by molar-refractivity contribution is -0.115. The Labute approximate surface area is 162 Å². The second-order valence-corrected chi connectivity index (χ2v) is 8.09. The summed E-state index contributed by atoms with van der Waals surface area (Å²) in [5, 5.41) is 16.6. The fraction of sp³-hybridized carbons (Fsp3) is 0.579. The van der Waals surface area contributed by atoms with Gasteiger partial charge >= 0.3 is 6.09 Å². The van der Waals surface area contributed by atoms with Gasteiger partial charge in [-0.15, -0.1) is 0 Å². The molecule has 0 bridgehead atoms. The van der Waals surface area contributed by atoms with Gasteiger partial charge in [0.1, 0.15) is 11.9 Å². The predicted molar refractivity (Wildman–Crippen MR) is 99.8 cm³/mol. The highest BCUT2D eigenvalue weighted by molar-refractivity contribution is 5.91. The average molecular weight is 387 g/mol. The molecule has 2 amide bonds. The van der Waals surface area contributed by atoms with E-state index in [1.807, 2.05) is 13.0 Å². The highest BCUT2D eigenvalue weighted by Crippen LogP contribution is 2.37. The van der Waals surface area contributed by atoms with E-state index >= 15 is 0 Å². The molecule has 0 spiro atoms. The highest BCUT2D eigenvalue weighted by atomic mass is 16.6. The minimum Gasteiger partial charge on any atom is -0.446 e. The van der Waals surface area contributed by atoms with E-state index in [9.17, 15) is 9.59 Å². The number of carbonyl (C=O) groups excluding carboxylic acids is 2. The van der Waals surface area contributed by atoms with E-state index in [0.29, 0.717) is 11.6 Å². The van der Waals surface area contributed by atoms with Gasteiger partial charge in [-0.25, -0.2) is 4.79 Å². The molecule has 4 rings (SSSR count). The maximum absolute atomic E-state index is 12.1. The Hall–Kier alpha value is -2.84. The van der Waals surface area contributed by atoms with Crippen LogP contribution < -0.4 is 10.6 Å². The van der Waals surface area contributed by atoms with Crippen LogP contribution in [0.1, 0.15) is 62.1 Å². The van der Waals surface area contributed by atoms with Crippen molar-refractivity contribution in [2.45, 2.75) is 69.9 Å². The van der Waals surface area contributed by atoms with Crippen molar-refractivity contribution in [3.63, 3.8) is 0 Å². The fourth-order valence-corrected chi connectivity index (χ4v) is 3.52. The molecule has 2 unspecified atom stereocenters. The Morgan fingerprint density at radius 3 is 2.89 bits per heavy atom. The maximum Gasteiger partial charge on any atom is 0.407 e. The van der Waals surface area contributed by atoms with Crippen LogP contribution in [0.25, 0.3) is 0 Å². The number of hydrogen-bond acceptors (Lipinski definition) is 6. The molecule has 2 fully saturated rings. The summed E-state index contributed by atoms with van der Waals surface area (Å²) in [5.74, 6) is 0.997. The van der Waals surface area contributed by atoms with Gasteiger partial charge < -0.3 is 19.9 Å². The van der Waals surface area contributed by atoms with Crippen molar-refractivity contribution in [1.29, 1.82) is 0 Å². The molecule has 28 heavy (non-hydrogen) atoms. The number of anilines is 1. The van der Waals surface area contributed by atoms with Crippen LogP contribution in [0.3, 0.4) is 0 Å². The van der Waals surface area contributed by atoms with Crippen LogP contribution in [0.2, 0.25) is 0 Å². The molecular weight excluding hydrogens is 362 g/mol. The summed E-state index contributed by atoms with van der Waals surface area (Å²) in [5.41, 5.74) is 1.60. The monoisotopic (exact) mass is 387 g/mol. The summed E-state index contributed by atoms with van der Waals surface area (Å²) >= 11 is 0. The number of aromatic amines is 1. The molecule has 9 heteroatoms. The van der Waals surface area contributed by atoms with Crippen LogP contribution in [-0.4, -0.2) is 39.0 Å². The van der Waals surface area contributed by atoms with Gasteiger partial charge in [0.2, 0.25) is 5.91 Å². The third kappa shape index (κ3) is 4.52. The zero-order valence-electron chi connectivity index (χ0n) is 16.1. The van der Waals surface area contributed by atoms with E-state index in [1.54, 1.807) is 13.0 Å². The van der Waals surface area contributed by atoms with Gasteiger partial charge in [0, 0.05) is 29.3 Å². The molecule has 2 aromatic rings. The smallest absolute Gasteiger partial charge is 0.407 e. The first kappa shape index (κ1) is 18.5. The lowest BCUT2D eigenvalue weighted by atomic mass is 10.0. The number of nitrogens with one attached hydrogen (secondary N) is 3. The van der Waals surface area contributed by atoms with Crippen molar-refractivity contribution in [2.75, 3.05) is 5.32 Å². The quantitative estimate of drug-likeness (QED) is 0.700. The van der Waals surface area contributed by atoms with Gasteiger partial charge in [-0.2, -0.15) is 5.10 Å². The van der Waals surface area contributed by atoms with Gasteiger partial charge in [0.05, 0.1) is 12.1 Å². The van der Waals surface area contributed by atoms with E-state index < -0.39 is 0 Å². The molecular formula is C19H25N5O4. The first-order valence-corrected chi connectivity index (χ1v) is 9.65. The molecule has 2 atom stereocenters. The number of hydrogen-bond donors (Lipinski definition) is 3. The van der Waals surface area contributed by atoms with Crippen LogP contribution in [0.5, 0.6) is 0 Å². The molecule has 2 aliphatic carbocycles. The number of aryl methyl sites for hydroxylation is 1. The molecule has 0 radical (unpaired) electrons. The fourth-order valence-electron chi connectivity index (χ4n) is 3.52. The Morgan fingerprint density at radius 2 is 2.18 bits per heavy atom. The van der Waals surface area contributed by atoms with Crippen LogP contribution in [-0.2, 0) is 16.0 Å². The van der Waals surface area contributed by atoms with Crippen LogP contribution >= 0.6 is 0 Å². The minimum absolute atomic E-state index is 0.0734. The van der Waals surface area contributed by atoms with E-state index in [-0.39, 0.29) is 36.0 Å². The third-order valence-corrected chi connectivity index (χ3v) is 5.38. The number of rotatable bonds is 6. The first-order valence-electron chi connectivity index (χ1n) is 9.65. The summed E-state index contributed by atoms with van der Waals surface area (Å²) < 4.78 is 10.6. The molecule has 150 valence electrons. The van der Waals surface area contributed by atoms with Crippen LogP contribution in [0, 0.1) is 6.92 Å². The van der Waals surface area contributed by atoms with E-state index in [1.165, 1.54) is 0 Å². The summed E-state index contributed by atoms with van der Waals surface area (Å²) in [6, 6.07) is 3.57. The summed E-state index contributed by atoms with van der Waals surface area (Å²) in [6.07, 6.45) is 4.17.